The zero-order chi connectivity index (χ0) is 12.4. The summed E-state index contributed by atoms with van der Waals surface area (Å²) in [5.74, 6) is 2.66. The molecule has 2 aliphatic rings. The van der Waals surface area contributed by atoms with Gasteiger partial charge in [0, 0.05) is 6.42 Å². The summed E-state index contributed by atoms with van der Waals surface area (Å²) in [6.45, 7) is 2.42. The molecule has 0 aromatic heterocycles. The molecule has 18 heavy (non-hydrogen) atoms. The van der Waals surface area contributed by atoms with Gasteiger partial charge in [-0.3, -0.25) is 0 Å². The van der Waals surface area contributed by atoms with Crippen LogP contribution in [0.5, 0.6) is 11.5 Å². The van der Waals surface area contributed by atoms with Crippen LogP contribution in [-0.2, 0) is 0 Å². The molecule has 5 heteroatoms. The molecule has 3 rings (SSSR count). The Morgan fingerprint density at radius 2 is 2.11 bits per heavy atom. The van der Waals surface area contributed by atoms with Crippen LogP contribution in [0.4, 0.5) is 0 Å². The van der Waals surface area contributed by atoms with E-state index in [1.807, 2.05) is 17.8 Å². The van der Waals surface area contributed by atoms with E-state index in [0.29, 0.717) is 29.4 Å². The molecule has 1 saturated heterocycles. The average molecular weight is 286 g/mol. The zero-order valence-electron chi connectivity index (χ0n) is 10.1. The molecule has 1 atom stereocenters. The first-order valence-corrected chi connectivity index (χ1v) is 7.71. The number of thioether (sulfide) groups is 1. The molecule has 1 N–H and O–H groups in total. The SMILES string of the molecule is Clc1cc(C2NCCCS2)cc2c1OCCCO2. The molecule has 2 aliphatic heterocycles. The number of nitrogens with one attached hydrogen (secondary N) is 1. The summed E-state index contributed by atoms with van der Waals surface area (Å²) >= 11 is 8.21. The molecule has 0 saturated carbocycles. The Morgan fingerprint density at radius 1 is 1.22 bits per heavy atom. The number of ether oxygens (including phenoxy) is 2. The second-order valence-electron chi connectivity index (χ2n) is 4.44. The van der Waals surface area contributed by atoms with Crippen molar-refractivity contribution >= 4 is 23.4 Å². The summed E-state index contributed by atoms with van der Waals surface area (Å²) in [6.07, 6.45) is 2.12. The van der Waals surface area contributed by atoms with Gasteiger partial charge in [-0.05, 0) is 36.4 Å². The highest BCUT2D eigenvalue weighted by atomic mass is 35.5. The largest absolute Gasteiger partial charge is 0.489 e. The summed E-state index contributed by atoms with van der Waals surface area (Å²) < 4.78 is 11.4. The fourth-order valence-electron chi connectivity index (χ4n) is 2.18. The van der Waals surface area contributed by atoms with Crippen molar-refractivity contribution in [1.29, 1.82) is 0 Å². The van der Waals surface area contributed by atoms with Gasteiger partial charge >= 0.3 is 0 Å². The molecule has 0 bridgehead atoms. The van der Waals surface area contributed by atoms with Gasteiger partial charge in [-0.25, -0.2) is 0 Å². The van der Waals surface area contributed by atoms with E-state index in [9.17, 15) is 0 Å². The summed E-state index contributed by atoms with van der Waals surface area (Å²) in [6, 6.07) is 4.05. The van der Waals surface area contributed by atoms with Gasteiger partial charge in [0.25, 0.3) is 0 Å². The Hall–Kier alpha value is -0.580. The van der Waals surface area contributed by atoms with Crippen molar-refractivity contribution in [3.8, 4) is 11.5 Å². The van der Waals surface area contributed by atoms with E-state index in [-0.39, 0.29) is 0 Å². The molecule has 0 spiro atoms. The Morgan fingerprint density at radius 3 is 2.94 bits per heavy atom. The lowest BCUT2D eigenvalue weighted by Crippen LogP contribution is -2.25. The van der Waals surface area contributed by atoms with Crippen LogP contribution >= 0.6 is 23.4 Å². The summed E-state index contributed by atoms with van der Waals surface area (Å²) in [4.78, 5) is 0. The molecule has 1 aromatic carbocycles. The lowest BCUT2D eigenvalue weighted by Gasteiger charge is -2.24. The molecule has 1 aromatic rings. The molecule has 3 nitrogen and oxygen atoms in total. The zero-order valence-corrected chi connectivity index (χ0v) is 11.6. The molecular weight excluding hydrogens is 270 g/mol. The smallest absolute Gasteiger partial charge is 0.179 e. The number of fused-ring (bicyclic) bond motifs is 1. The van der Waals surface area contributed by atoms with E-state index in [1.165, 1.54) is 17.7 Å². The van der Waals surface area contributed by atoms with E-state index in [4.69, 9.17) is 21.1 Å². The van der Waals surface area contributed by atoms with Gasteiger partial charge in [0.1, 0.15) is 0 Å². The third kappa shape index (κ3) is 2.56. The van der Waals surface area contributed by atoms with Gasteiger partial charge in [-0.1, -0.05) is 11.6 Å². The minimum Gasteiger partial charge on any atom is -0.489 e. The van der Waals surface area contributed by atoms with Crippen LogP contribution in [0.25, 0.3) is 0 Å². The van der Waals surface area contributed by atoms with Crippen LogP contribution in [0.1, 0.15) is 23.8 Å². The first kappa shape index (κ1) is 12.5. The Kier molecular flexibility index (Phi) is 3.87. The van der Waals surface area contributed by atoms with Gasteiger partial charge in [0.05, 0.1) is 23.6 Å². The number of hydrogen-bond donors (Lipinski definition) is 1. The Bertz CT molecular complexity index is 435. The minimum atomic E-state index is 0.313. The predicted octanol–water partition coefficient (Wildman–Crippen LogP) is 3.23. The van der Waals surface area contributed by atoms with Crippen molar-refractivity contribution < 1.29 is 9.47 Å². The third-order valence-corrected chi connectivity index (χ3v) is 4.64. The van der Waals surface area contributed by atoms with Crippen molar-refractivity contribution in [1.82, 2.24) is 5.32 Å². The normalized spacial score (nSPS) is 23.5. The quantitative estimate of drug-likeness (QED) is 0.858. The lowest BCUT2D eigenvalue weighted by atomic mass is 10.2. The number of halogens is 1. The van der Waals surface area contributed by atoms with Crippen molar-refractivity contribution in [3.63, 3.8) is 0 Å². The average Bonchev–Trinajstić information content (AvgIpc) is 2.65. The molecule has 98 valence electrons. The van der Waals surface area contributed by atoms with Crippen LogP contribution in [0.3, 0.4) is 0 Å². The van der Waals surface area contributed by atoms with Crippen LogP contribution in [-0.4, -0.2) is 25.5 Å². The van der Waals surface area contributed by atoms with Crippen molar-refractivity contribution in [3.05, 3.63) is 22.7 Å². The van der Waals surface area contributed by atoms with Crippen molar-refractivity contribution in [2.45, 2.75) is 18.2 Å². The maximum atomic E-state index is 6.30. The molecule has 0 aliphatic carbocycles. The molecule has 2 heterocycles. The third-order valence-electron chi connectivity index (χ3n) is 3.06. The number of rotatable bonds is 1. The van der Waals surface area contributed by atoms with Crippen LogP contribution in [0.15, 0.2) is 12.1 Å². The molecular formula is C13H16ClNO2S. The lowest BCUT2D eigenvalue weighted by molar-refractivity contribution is 0.297. The fourth-order valence-corrected chi connectivity index (χ4v) is 3.57. The van der Waals surface area contributed by atoms with Gasteiger partial charge < -0.3 is 14.8 Å². The minimum absolute atomic E-state index is 0.313. The first-order valence-electron chi connectivity index (χ1n) is 6.28. The maximum Gasteiger partial charge on any atom is 0.179 e. The van der Waals surface area contributed by atoms with E-state index in [0.717, 1.165) is 18.7 Å². The van der Waals surface area contributed by atoms with Gasteiger partial charge in [-0.15, -0.1) is 11.8 Å². The highest BCUT2D eigenvalue weighted by Crippen LogP contribution is 2.41. The summed E-state index contributed by atoms with van der Waals surface area (Å²) in [5.41, 5.74) is 1.17. The molecule has 1 unspecified atom stereocenters. The van der Waals surface area contributed by atoms with Gasteiger partial charge in [-0.2, -0.15) is 0 Å². The second-order valence-corrected chi connectivity index (χ2v) is 6.06. The fraction of sp³-hybridized carbons (Fsp3) is 0.538. The highest BCUT2D eigenvalue weighted by Gasteiger charge is 2.21. The second kappa shape index (κ2) is 5.59. The summed E-state index contributed by atoms with van der Waals surface area (Å²) in [5, 5.41) is 4.46. The highest BCUT2D eigenvalue weighted by molar-refractivity contribution is 7.99. The Balaban J connectivity index is 1.91. The first-order chi connectivity index (χ1) is 8.84. The van der Waals surface area contributed by atoms with E-state index in [2.05, 4.69) is 11.4 Å². The topological polar surface area (TPSA) is 30.5 Å². The van der Waals surface area contributed by atoms with Crippen LogP contribution in [0, 0.1) is 0 Å². The monoisotopic (exact) mass is 285 g/mol. The van der Waals surface area contributed by atoms with Crippen molar-refractivity contribution in [2.75, 3.05) is 25.5 Å². The number of hydrogen-bond acceptors (Lipinski definition) is 4. The summed E-state index contributed by atoms with van der Waals surface area (Å²) in [7, 11) is 0. The van der Waals surface area contributed by atoms with E-state index < -0.39 is 0 Å². The van der Waals surface area contributed by atoms with Crippen LogP contribution in [0.2, 0.25) is 5.02 Å². The number of benzene rings is 1. The molecule has 0 radical (unpaired) electrons. The maximum absolute atomic E-state index is 6.30. The Labute approximate surface area is 116 Å². The molecule has 1 fully saturated rings. The van der Waals surface area contributed by atoms with Crippen LogP contribution < -0.4 is 14.8 Å². The van der Waals surface area contributed by atoms with E-state index >= 15 is 0 Å². The van der Waals surface area contributed by atoms with Gasteiger partial charge in [0.15, 0.2) is 11.5 Å². The van der Waals surface area contributed by atoms with E-state index in [1.54, 1.807) is 0 Å². The predicted molar refractivity (Wildman–Crippen MR) is 74.9 cm³/mol. The van der Waals surface area contributed by atoms with Crippen molar-refractivity contribution in [2.24, 2.45) is 0 Å². The van der Waals surface area contributed by atoms with Gasteiger partial charge in [0.2, 0.25) is 0 Å². The standard InChI is InChI=1S/C13H16ClNO2S/c14-10-7-9(13-15-3-1-6-18-13)8-11-12(10)17-5-2-4-16-11/h7-8,13,15H,1-6H2. The molecule has 0 amide bonds.